The van der Waals surface area contributed by atoms with E-state index in [2.05, 4.69) is 55.6 Å². The summed E-state index contributed by atoms with van der Waals surface area (Å²) in [6, 6.07) is -0.629. The summed E-state index contributed by atoms with van der Waals surface area (Å²) < 4.78 is 5.51. The molecular weight excluding hydrogens is 1030 g/mol. The number of hydrogen-bond acceptors (Lipinski definition) is 5. The van der Waals surface area contributed by atoms with Gasteiger partial charge in [-0.15, -0.1) is 0 Å². The lowest BCUT2D eigenvalue weighted by molar-refractivity contribution is -0.143. The van der Waals surface area contributed by atoms with Gasteiger partial charge in [-0.25, -0.2) is 0 Å². The monoisotopic (exact) mass is 1180 g/mol. The van der Waals surface area contributed by atoms with E-state index < -0.39 is 12.1 Å². The van der Waals surface area contributed by atoms with Crippen LogP contribution in [0.3, 0.4) is 0 Å². The van der Waals surface area contributed by atoms with E-state index in [0.717, 1.165) is 51.4 Å². The van der Waals surface area contributed by atoms with E-state index in [1.807, 2.05) is 6.08 Å². The van der Waals surface area contributed by atoms with Gasteiger partial charge in [-0.2, -0.15) is 0 Å². The van der Waals surface area contributed by atoms with Crippen molar-refractivity contribution in [2.24, 2.45) is 0 Å². The van der Waals surface area contributed by atoms with Crippen LogP contribution >= 0.6 is 0 Å². The van der Waals surface area contributed by atoms with Gasteiger partial charge in [0.25, 0.3) is 0 Å². The minimum atomic E-state index is -0.845. The number of allylic oxidation sites excluding steroid dienone is 7. The minimum absolute atomic E-state index is 0.0128. The smallest absolute Gasteiger partial charge is 0.305 e. The van der Waals surface area contributed by atoms with Crippen LogP contribution in [0.2, 0.25) is 0 Å². The lowest BCUT2D eigenvalue weighted by atomic mass is 10.0. The van der Waals surface area contributed by atoms with Crippen LogP contribution in [0.1, 0.15) is 412 Å². The number of aliphatic hydroxyl groups is 2. The normalized spacial score (nSPS) is 12.8. The van der Waals surface area contributed by atoms with Crippen LogP contribution in [-0.4, -0.2) is 47.4 Å². The maximum Gasteiger partial charge on any atom is 0.305 e. The molecule has 0 aromatic carbocycles. The van der Waals surface area contributed by atoms with E-state index in [1.54, 1.807) is 6.08 Å². The Morgan fingerprint density at radius 2 is 0.595 bits per heavy atom. The summed E-state index contributed by atoms with van der Waals surface area (Å²) >= 11 is 0. The first-order chi connectivity index (χ1) is 41.5. The summed E-state index contributed by atoms with van der Waals surface area (Å²) in [5.74, 6) is -0.0511. The Morgan fingerprint density at radius 1 is 0.333 bits per heavy atom. The maximum atomic E-state index is 12.5. The molecule has 0 aromatic heterocycles. The molecule has 0 radical (unpaired) electrons. The van der Waals surface area contributed by atoms with Crippen LogP contribution in [0.15, 0.2) is 48.6 Å². The van der Waals surface area contributed by atoms with Gasteiger partial charge >= 0.3 is 5.97 Å². The van der Waals surface area contributed by atoms with Crippen molar-refractivity contribution in [2.45, 2.75) is 424 Å². The molecule has 84 heavy (non-hydrogen) atoms. The fraction of sp³-hybridized carbons (Fsp3) is 0.872. The molecule has 0 aromatic rings. The first kappa shape index (κ1) is 81.8. The van der Waals surface area contributed by atoms with E-state index in [9.17, 15) is 19.8 Å². The molecule has 0 heterocycles. The van der Waals surface area contributed by atoms with E-state index in [1.165, 1.54) is 334 Å². The van der Waals surface area contributed by atoms with Gasteiger partial charge in [0.1, 0.15) is 0 Å². The van der Waals surface area contributed by atoms with Crippen molar-refractivity contribution in [3.63, 3.8) is 0 Å². The van der Waals surface area contributed by atoms with Crippen molar-refractivity contribution in [1.29, 1.82) is 0 Å². The zero-order chi connectivity index (χ0) is 60.6. The molecule has 6 heteroatoms. The minimum Gasteiger partial charge on any atom is -0.466 e. The molecule has 0 rings (SSSR count). The maximum absolute atomic E-state index is 12.5. The van der Waals surface area contributed by atoms with Gasteiger partial charge < -0.3 is 20.3 Å². The number of esters is 1. The fourth-order valence-electron chi connectivity index (χ4n) is 11.8. The average Bonchev–Trinajstić information content (AvgIpc) is 3.51. The zero-order valence-electron chi connectivity index (χ0n) is 56.6. The highest BCUT2D eigenvalue weighted by molar-refractivity contribution is 5.76. The Morgan fingerprint density at radius 3 is 0.940 bits per heavy atom. The molecule has 494 valence electrons. The van der Waals surface area contributed by atoms with Crippen molar-refractivity contribution < 1.29 is 24.5 Å². The Kier molecular flexibility index (Phi) is 71.4. The SMILES string of the molecule is CCCCC/C=C\C/C=C\CCCCCCCCCCCC(=O)OCCCCCCCCCCCCCC/C=C\CCCCCCCCCCCCCCCC(=O)NC(CO)C(O)/C=C/CCCCCCCCCCCCCCCCCCC. The number of ether oxygens (including phenoxy) is 1. The largest absolute Gasteiger partial charge is 0.466 e. The average molecular weight is 1180 g/mol. The second-order valence-corrected chi connectivity index (χ2v) is 26.0. The lowest BCUT2D eigenvalue weighted by Gasteiger charge is -2.20. The third kappa shape index (κ3) is 68.9. The number of carbonyl (C=O) groups excluding carboxylic acids is 2. The molecule has 0 aliphatic carbocycles. The molecule has 0 saturated heterocycles. The molecule has 6 nitrogen and oxygen atoms in total. The van der Waals surface area contributed by atoms with E-state index in [-0.39, 0.29) is 18.5 Å². The highest BCUT2D eigenvalue weighted by atomic mass is 16.5. The van der Waals surface area contributed by atoms with Crippen molar-refractivity contribution in [1.82, 2.24) is 5.32 Å². The highest BCUT2D eigenvalue weighted by Gasteiger charge is 2.18. The molecule has 0 fully saturated rings. The lowest BCUT2D eigenvalue weighted by Crippen LogP contribution is -2.45. The Hall–Kier alpha value is -2.18. The molecule has 0 spiro atoms. The zero-order valence-corrected chi connectivity index (χ0v) is 56.6. The molecule has 3 N–H and O–H groups in total. The number of unbranched alkanes of at least 4 members (excludes halogenated alkanes) is 54. The van der Waals surface area contributed by atoms with Gasteiger partial charge in [-0.05, 0) is 89.9 Å². The molecule has 0 bridgehead atoms. The number of amides is 1. The fourth-order valence-corrected chi connectivity index (χ4v) is 11.8. The number of hydrogen-bond donors (Lipinski definition) is 3. The molecule has 2 unspecified atom stereocenters. The summed E-state index contributed by atoms with van der Waals surface area (Å²) in [4.78, 5) is 24.6. The van der Waals surface area contributed by atoms with Crippen molar-refractivity contribution >= 4 is 11.9 Å². The number of aliphatic hydroxyl groups excluding tert-OH is 2. The topological polar surface area (TPSA) is 95.9 Å². The summed E-state index contributed by atoms with van der Waals surface area (Å²) in [6.45, 7) is 4.91. The predicted molar refractivity (Wildman–Crippen MR) is 370 cm³/mol. The van der Waals surface area contributed by atoms with Crippen LogP contribution < -0.4 is 5.32 Å². The number of nitrogens with one attached hydrogen (secondary N) is 1. The Balaban J connectivity index is 3.39. The molecular formula is C78H147NO5. The predicted octanol–water partition coefficient (Wildman–Crippen LogP) is 24.8. The molecule has 0 aliphatic rings. The molecule has 2 atom stereocenters. The second-order valence-electron chi connectivity index (χ2n) is 26.0. The Bertz CT molecular complexity index is 1400. The first-order valence-electron chi connectivity index (χ1n) is 37.9. The van der Waals surface area contributed by atoms with E-state index in [4.69, 9.17) is 4.74 Å². The molecule has 1 amide bonds. The quantitative estimate of drug-likeness (QED) is 0.0320. The third-order valence-corrected chi connectivity index (χ3v) is 17.6. The molecule has 0 aliphatic heterocycles. The summed E-state index contributed by atoms with van der Waals surface area (Å²) in [7, 11) is 0. The highest BCUT2D eigenvalue weighted by Crippen LogP contribution is 2.19. The molecule has 0 saturated carbocycles. The van der Waals surface area contributed by atoms with Crippen LogP contribution in [0.4, 0.5) is 0 Å². The van der Waals surface area contributed by atoms with E-state index in [0.29, 0.717) is 19.4 Å². The van der Waals surface area contributed by atoms with Crippen LogP contribution in [0, 0.1) is 0 Å². The summed E-state index contributed by atoms with van der Waals surface area (Å²) in [6.07, 6.45) is 96.4. The Labute approximate surface area is 525 Å². The number of carbonyl (C=O) groups is 2. The standard InChI is InChI=1S/C78H147NO5/c1-3-5-7-9-11-13-15-17-19-21-34-38-42-46-50-54-58-62-66-70-76(81)75(74-80)79-77(82)71-67-63-59-55-51-47-43-39-36-32-30-28-26-24-23-25-27-29-31-33-37-41-45-49-53-57-61-65-69-73-84-78(83)72-68-64-60-56-52-48-44-40-35-22-20-18-16-14-12-10-8-6-4-2/h12,14,18,20,23,25,66,70,75-76,80-81H,3-11,13,15-17,19,21-22,24,26-65,67-69,71-74H2,1-2H3,(H,79,82)/b14-12-,20-18-,25-23-,70-66+. The van der Waals surface area contributed by atoms with Crippen LogP contribution in [-0.2, 0) is 14.3 Å². The first-order valence-corrected chi connectivity index (χ1v) is 37.9. The van der Waals surface area contributed by atoms with Gasteiger partial charge in [0.15, 0.2) is 0 Å². The van der Waals surface area contributed by atoms with Gasteiger partial charge in [0, 0.05) is 12.8 Å². The van der Waals surface area contributed by atoms with Gasteiger partial charge in [0.05, 0.1) is 25.4 Å². The van der Waals surface area contributed by atoms with Gasteiger partial charge in [-0.3, -0.25) is 9.59 Å². The van der Waals surface area contributed by atoms with Crippen molar-refractivity contribution in [3.05, 3.63) is 48.6 Å². The van der Waals surface area contributed by atoms with Crippen molar-refractivity contribution in [2.75, 3.05) is 13.2 Å². The third-order valence-electron chi connectivity index (χ3n) is 17.6. The van der Waals surface area contributed by atoms with Gasteiger partial charge in [0.2, 0.25) is 5.91 Å². The van der Waals surface area contributed by atoms with Gasteiger partial charge in [-0.1, -0.05) is 358 Å². The van der Waals surface area contributed by atoms with Crippen LogP contribution in [0.5, 0.6) is 0 Å². The van der Waals surface area contributed by atoms with Crippen LogP contribution in [0.25, 0.3) is 0 Å². The van der Waals surface area contributed by atoms with Crippen molar-refractivity contribution in [3.8, 4) is 0 Å². The van der Waals surface area contributed by atoms with E-state index >= 15 is 0 Å². The summed E-state index contributed by atoms with van der Waals surface area (Å²) in [5, 5.41) is 23.2. The summed E-state index contributed by atoms with van der Waals surface area (Å²) in [5.41, 5.74) is 0. The second kappa shape index (κ2) is 73.3. The number of rotatable bonds is 71.